The highest BCUT2D eigenvalue weighted by molar-refractivity contribution is 6.31. The van der Waals surface area contributed by atoms with E-state index in [1.165, 1.54) is 24.3 Å². The summed E-state index contributed by atoms with van der Waals surface area (Å²) in [4.78, 5) is 13.5. The quantitative estimate of drug-likeness (QED) is 0.226. The first-order valence-corrected chi connectivity index (χ1v) is 11.9. The van der Waals surface area contributed by atoms with Gasteiger partial charge in [0.2, 0.25) is 0 Å². The molecule has 208 valence electrons. The third-order valence-corrected chi connectivity index (χ3v) is 6.55. The van der Waals surface area contributed by atoms with Crippen LogP contribution < -0.4 is 5.32 Å². The Labute approximate surface area is 228 Å². The van der Waals surface area contributed by atoms with E-state index in [-0.39, 0.29) is 34.7 Å². The zero-order valence-electron chi connectivity index (χ0n) is 20.2. The smallest absolute Gasteiger partial charge is 0.338 e. The number of carbonyl (C=O) groups excluding carboxylic acids is 1. The second-order valence-corrected chi connectivity index (χ2v) is 9.33. The molecule has 0 fully saturated rings. The summed E-state index contributed by atoms with van der Waals surface area (Å²) in [6.45, 7) is 0. The average Bonchev–Trinajstić information content (AvgIpc) is 2.88. The van der Waals surface area contributed by atoms with Gasteiger partial charge in [0.25, 0.3) is 5.91 Å². The monoisotopic (exact) mass is 583 g/mol. The molecule has 0 aliphatic rings. The summed E-state index contributed by atoms with van der Waals surface area (Å²) in [5.74, 6) is -4.09. The van der Waals surface area contributed by atoms with Crippen LogP contribution in [0.4, 0.5) is 35.1 Å². The van der Waals surface area contributed by atoms with Gasteiger partial charge in [-0.2, -0.15) is 26.3 Å². The molecule has 0 saturated heterocycles. The second kappa shape index (κ2) is 10.9. The van der Waals surface area contributed by atoms with Crippen molar-refractivity contribution in [3.8, 4) is 0 Å². The highest BCUT2D eigenvalue weighted by Gasteiger charge is 2.42. The lowest BCUT2D eigenvalue weighted by molar-refractivity contribution is -0.140. The molecule has 0 spiro atoms. The first kappa shape index (κ1) is 29.1. The molecule has 40 heavy (non-hydrogen) atoms. The summed E-state index contributed by atoms with van der Waals surface area (Å²) in [5.41, 5.74) is -5.58. The van der Waals surface area contributed by atoms with Gasteiger partial charge in [-0.25, -0.2) is 8.78 Å². The van der Waals surface area contributed by atoms with Crippen LogP contribution in [-0.4, -0.2) is 5.91 Å². The Hall–Kier alpha value is -3.92. The molecule has 0 bridgehead atoms. The Morgan fingerprint density at radius 2 is 1.32 bits per heavy atom. The van der Waals surface area contributed by atoms with Crippen molar-refractivity contribution in [2.75, 3.05) is 0 Å². The number of halogens is 9. The topological polar surface area (TPSA) is 29.1 Å². The lowest BCUT2D eigenvalue weighted by atomic mass is 9.77. The van der Waals surface area contributed by atoms with Crippen molar-refractivity contribution in [3.63, 3.8) is 0 Å². The van der Waals surface area contributed by atoms with E-state index in [2.05, 4.69) is 5.32 Å². The second-order valence-electron chi connectivity index (χ2n) is 8.92. The lowest BCUT2D eigenvalue weighted by Crippen LogP contribution is -2.49. The maximum absolute atomic E-state index is 14.7. The number of benzene rings is 4. The average molecular weight is 584 g/mol. The number of amides is 1. The van der Waals surface area contributed by atoms with E-state index >= 15 is 0 Å². The molecule has 1 atom stereocenters. The van der Waals surface area contributed by atoms with Crippen molar-refractivity contribution >= 4 is 17.5 Å². The molecule has 1 N–H and O–H groups in total. The molecule has 0 aromatic heterocycles. The molecule has 0 aliphatic heterocycles. The fraction of sp³-hybridized carbons (Fsp3) is 0.138. The SMILES string of the molecule is O=C(NC(Cc1ccccc1)(c1cc(F)cc(C(F)(F)F)c1)c1ccccc1Cl)c1ccc(F)c(C(F)(F)F)c1. The lowest BCUT2D eigenvalue weighted by Gasteiger charge is -2.37. The molecule has 1 amide bonds. The minimum atomic E-state index is -5.13. The largest absolute Gasteiger partial charge is 0.419 e. The summed E-state index contributed by atoms with van der Waals surface area (Å²) in [6.07, 6.45) is -10.4. The summed E-state index contributed by atoms with van der Waals surface area (Å²) in [6, 6.07) is 17.1. The minimum Gasteiger partial charge on any atom is -0.338 e. The molecule has 0 radical (unpaired) electrons. The van der Waals surface area contributed by atoms with E-state index in [0.29, 0.717) is 17.7 Å². The van der Waals surface area contributed by atoms with E-state index < -0.39 is 52.1 Å². The van der Waals surface area contributed by atoms with E-state index in [4.69, 9.17) is 11.6 Å². The van der Waals surface area contributed by atoms with Crippen LogP contribution in [0.2, 0.25) is 5.02 Å². The van der Waals surface area contributed by atoms with Gasteiger partial charge in [0, 0.05) is 22.6 Å². The third-order valence-electron chi connectivity index (χ3n) is 6.22. The Morgan fingerprint density at radius 1 is 0.700 bits per heavy atom. The van der Waals surface area contributed by atoms with Crippen LogP contribution in [0.25, 0.3) is 0 Å². The zero-order chi connectivity index (χ0) is 29.3. The molecule has 4 rings (SSSR count). The molecule has 2 nitrogen and oxygen atoms in total. The molecule has 4 aromatic carbocycles. The van der Waals surface area contributed by atoms with Crippen molar-refractivity contribution in [2.24, 2.45) is 0 Å². The Bertz CT molecular complexity index is 1540. The summed E-state index contributed by atoms with van der Waals surface area (Å²) >= 11 is 6.46. The number of rotatable bonds is 6. The molecule has 4 aromatic rings. The number of hydrogen-bond acceptors (Lipinski definition) is 1. The van der Waals surface area contributed by atoms with Crippen LogP contribution in [0.1, 0.15) is 38.2 Å². The Balaban J connectivity index is 2.00. The van der Waals surface area contributed by atoms with E-state index in [1.807, 2.05) is 0 Å². The Kier molecular flexibility index (Phi) is 7.94. The van der Waals surface area contributed by atoms with Gasteiger partial charge in [-0.3, -0.25) is 4.79 Å². The molecule has 0 aliphatic carbocycles. The van der Waals surface area contributed by atoms with Gasteiger partial charge >= 0.3 is 12.4 Å². The maximum Gasteiger partial charge on any atom is 0.419 e. The number of carbonyl (C=O) groups is 1. The van der Waals surface area contributed by atoms with E-state index in [0.717, 1.165) is 12.1 Å². The maximum atomic E-state index is 14.7. The Morgan fingerprint density at radius 3 is 1.95 bits per heavy atom. The van der Waals surface area contributed by atoms with Crippen LogP contribution in [0.5, 0.6) is 0 Å². The normalized spacial score (nSPS) is 13.5. The molecule has 0 saturated carbocycles. The molecule has 1 unspecified atom stereocenters. The van der Waals surface area contributed by atoms with Crippen LogP contribution in [0.15, 0.2) is 91.0 Å². The molecular weight excluding hydrogens is 566 g/mol. The van der Waals surface area contributed by atoms with Crippen molar-refractivity contribution in [1.29, 1.82) is 0 Å². The van der Waals surface area contributed by atoms with Gasteiger partial charge in [0.15, 0.2) is 0 Å². The summed E-state index contributed by atoms with van der Waals surface area (Å²) in [5, 5.41) is 2.50. The zero-order valence-corrected chi connectivity index (χ0v) is 20.9. The van der Waals surface area contributed by atoms with Crippen molar-refractivity contribution in [1.82, 2.24) is 5.32 Å². The van der Waals surface area contributed by atoms with E-state index in [9.17, 15) is 39.9 Å². The van der Waals surface area contributed by atoms with Crippen LogP contribution in [0, 0.1) is 11.6 Å². The highest BCUT2D eigenvalue weighted by Crippen LogP contribution is 2.41. The summed E-state index contributed by atoms with van der Waals surface area (Å²) < 4.78 is 110. The fourth-order valence-corrected chi connectivity index (χ4v) is 4.69. The first-order valence-electron chi connectivity index (χ1n) is 11.6. The van der Waals surface area contributed by atoms with Gasteiger partial charge in [0.1, 0.15) is 11.6 Å². The van der Waals surface area contributed by atoms with Crippen LogP contribution in [-0.2, 0) is 24.3 Å². The third kappa shape index (κ3) is 6.12. The first-order chi connectivity index (χ1) is 18.7. The van der Waals surface area contributed by atoms with Gasteiger partial charge in [-0.1, -0.05) is 60.1 Å². The number of nitrogens with one attached hydrogen (secondary N) is 1. The minimum absolute atomic E-state index is 0.0216. The van der Waals surface area contributed by atoms with Crippen molar-refractivity contribution in [3.05, 3.63) is 141 Å². The van der Waals surface area contributed by atoms with Crippen molar-refractivity contribution < 1.29 is 39.9 Å². The molecular formula is C29H18ClF8NO. The molecule has 0 heterocycles. The predicted molar refractivity (Wildman–Crippen MR) is 133 cm³/mol. The van der Waals surface area contributed by atoms with Crippen LogP contribution in [0.3, 0.4) is 0 Å². The standard InChI is InChI=1S/C29H18ClF8NO/c30-24-9-5-4-8-22(24)27(16-17-6-2-1-3-7-17,19-13-20(28(33,34)35)15-21(31)14-19)39-26(40)18-10-11-25(32)23(12-18)29(36,37)38/h1-15H,16H2,(H,39,40). The predicted octanol–water partition coefficient (Wildman–Crippen LogP) is 8.57. The number of alkyl halides is 6. The van der Waals surface area contributed by atoms with Gasteiger partial charge in [-0.15, -0.1) is 0 Å². The fourth-order valence-electron chi connectivity index (χ4n) is 4.40. The van der Waals surface area contributed by atoms with Gasteiger partial charge in [-0.05, 0) is 53.6 Å². The summed E-state index contributed by atoms with van der Waals surface area (Å²) in [7, 11) is 0. The van der Waals surface area contributed by atoms with Crippen molar-refractivity contribution in [2.45, 2.75) is 24.3 Å². The van der Waals surface area contributed by atoms with Gasteiger partial charge < -0.3 is 5.32 Å². The highest BCUT2D eigenvalue weighted by atomic mass is 35.5. The van der Waals surface area contributed by atoms with Crippen LogP contribution >= 0.6 is 11.6 Å². The molecule has 11 heteroatoms. The van der Waals surface area contributed by atoms with E-state index in [1.54, 1.807) is 30.3 Å². The van der Waals surface area contributed by atoms with Gasteiger partial charge in [0.05, 0.1) is 16.7 Å². The number of hydrogen-bond donors (Lipinski definition) is 1.